The van der Waals surface area contributed by atoms with Crippen LogP contribution in [-0.2, 0) is 32.6 Å². The van der Waals surface area contributed by atoms with Crippen LogP contribution in [0.1, 0.15) is 11.3 Å². The average Bonchev–Trinajstić information content (AvgIpc) is 3.37. The average molecular weight is 468 g/mol. The van der Waals surface area contributed by atoms with E-state index in [9.17, 15) is 18.0 Å². The van der Waals surface area contributed by atoms with E-state index in [0.29, 0.717) is 17.8 Å². The second kappa shape index (κ2) is 7.92. The van der Waals surface area contributed by atoms with Crippen LogP contribution >= 0.6 is 11.5 Å². The number of fused-ring (bicyclic) bond motifs is 1. The van der Waals surface area contributed by atoms with Crippen molar-refractivity contribution >= 4 is 44.8 Å². The van der Waals surface area contributed by atoms with Crippen LogP contribution < -0.4 is 5.32 Å². The van der Waals surface area contributed by atoms with Gasteiger partial charge in [-0.15, -0.1) is 9.50 Å². The minimum atomic E-state index is -4.04. The number of hydrogen-bond donors (Lipinski definition) is 1. The van der Waals surface area contributed by atoms with Crippen LogP contribution in [0.4, 0.5) is 5.69 Å². The molecule has 1 fully saturated rings. The lowest BCUT2D eigenvalue weighted by atomic mass is 9.97. The summed E-state index contributed by atoms with van der Waals surface area (Å²) >= 11 is 1.15. The van der Waals surface area contributed by atoms with Crippen LogP contribution in [0.3, 0.4) is 0 Å². The van der Waals surface area contributed by atoms with Gasteiger partial charge in [0.25, 0.3) is 10.0 Å². The first-order chi connectivity index (χ1) is 15.4. The summed E-state index contributed by atoms with van der Waals surface area (Å²) in [5, 5.41) is 8.60. The number of anilines is 1. The number of sulfonamides is 1. The molecule has 1 unspecified atom stereocenters. The summed E-state index contributed by atoms with van der Waals surface area (Å²) in [7, 11) is -4.04. The van der Waals surface area contributed by atoms with Crippen molar-refractivity contribution in [1.29, 1.82) is 0 Å². The largest absolute Gasteiger partial charge is 0.341 e. The van der Waals surface area contributed by atoms with Gasteiger partial charge in [-0.3, -0.25) is 9.59 Å². The molecule has 0 radical (unpaired) electrons. The van der Waals surface area contributed by atoms with Gasteiger partial charge in [-0.05, 0) is 29.2 Å². The van der Waals surface area contributed by atoms with Gasteiger partial charge in [0.05, 0.1) is 24.0 Å². The molecule has 1 amide bonds. The molecule has 2 aromatic carbocycles. The molecule has 9 nitrogen and oxygen atoms in total. The Balaban J connectivity index is 1.52. The van der Waals surface area contributed by atoms with Gasteiger partial charge < -0.3 is 10.2 Å². The second-order valence-corrected chi connectivity index (χ2v) is 9.66. The van der Waals surface area contributed by atoms with Crippen molar-refractivity contribution in [3.05, 3.63) is 71.2 Å². The maximum atomic E-state index is 13.5. The van der Waals surface area contributed by atoms with Crippen molar-refractivity contribution in [3.8, 4) is 0 Å². The van der Waals surface area contributed by atoms with Crippen LogP contribution in [0, 0.1) is 5.92 Å². The minimum Gasteiger partial charge on any atom is -0.341 e. The van der Waals surface area contributed by atoms with E-state index in [2.05, 4.69) is 19.3 Å². The molecule has 1 N–H and O–H groups in total. The third-order valence-electron chi connectivity index (χ3n) is 5.45. The molecule has 0 aliphatic carbocycles. The fraction of sp³-hybridized carbons (Fsp3) is 0.190. The van der Waals surface area contributed by atoms with Gasteiger partial charge >= 0.3 is 0 Å². The van der Waals surface area contributed by atoms with Crippen molar-refractivity contribution in [1.82, 2.24) is 14.5 Å². The third kappa shape index (κ3) is 3.59. The number of benzene rings is 2. The number of nitrogens with zero attached hydrogens (tertiary/aromatic N) is 4. The molecule has 162 valence electrons. The fourth-order valence-electron chi connectivity index (χ4n) is 3.96. The number of aromatic nitrogens is 2. The number of ketones is 1. The standard InChI is InChI=1S/C21H17N5O4S2/c27-19-16(10-13-6-2-1-3-7-13)26(11-14-12-31-25-23-14)21(28)18(19)20-22-15-8-4-5-9-17(15)32(29,30)24-20/h1-9,12,16,18H,10-11H2,(H,22,24)/t16-,18?/m0/s1. The van der Waals surface area contributed by atoms with E-state index in [-0.39, 0.29) is 17.3 Å². The molecule has 1 saturated heterocycles. The number of hydrogen-bond acceptors (Lipinski definition) is 8. The summed E-state index contributed by atoms with van der Waals surface area (Å²) in [6, 6.07) is 14.8. The lowest BCUT2D eigenvalue weighted by Crippen LogP contribution is -2.37. The molecule has 2 atom stereocenters. The van der Waals surface area contributed by atoms with Crippen molar-refractivity contribution in [2.45, 2.75) is 23.9 Å². The monoisotopic (exact) mass is 467 g/mol. The van der Waals surface area contributed by atoms with Crippen LogP contribution in [-0.4, -0.2) is 46.5 Å². The second-order valence-electron chi connectivity index (χ2n) is 7.48. The number of carbonyl (C=O) groups is 2. The van der Waals surface area contributed by atoms with Crippen LogP contribution in [0.5, 0.6) is 0 Å². The van der Waals surface area contributed by atoms with E-state index in [1.165, 1.54) is 11.0 Å². The van der Waals surface area contributed by atoms with E-state index in [1.54, 1.807) is 23.6 Å². The highest BCUT2D eigenvalue weighted by Crippen LogP contribution is 2.33. The van der Waals surface area contributed by atoms with Gasteiger partial charge in [-0.25, -0.2) is 0 Å². The summed E-state index contributed by atoms with van der Waals surface area (Å²) in [4.78, 5) is 28.3. The van der Waals surface area contributed by atoms with Crippen LogP contribution in [0.15, 0.2) is 69.3 Å². The Hall–Kier alpha value is -3.44. The Morgan fingerprint density at radius 1 is 1.03 bits per heavy atom. The lowest BCUT2D eigenvalue weighted by Gasteiger charge is -2.22. The Kier molecular flexibility index (Phi) is 5.06. The number of para-hydroxylation sites is 1. The first kappa shape index (κ1) is 20.5. The fourth-order valence-corrected chi connectivity index (χ4v) is 5.56. The van der Waals surface area contributed by atoms with Crippen molar-refractivity contribution in [2.24, 2.45) is 10.3 Å². The molecule has 11 heteroatoms. The normalized spacial score (nSPS) is 21.8. The molecule has 32 heavy (non-hydrogen) atoms. The van der Waals surface area contributed by atoms with E-state index < -0.39 is 33.7 Å². The highest BCUT2D eigenvalue weighted by molar-refractivity contribution is 7.90. The lowest BCUT2D eigenvalue weighted by molar-refractivity contribution is -0.131. The zero-order chi connectivity index (χ0) is 22.3. The number of amides is 1. The van der Waals surface area contributed by atoms with E-state index in [1.807, 2.05) is 30.3 Å². The summed E-state index contributed by atoms with van der Waals surface area (Å²) in [5.74, 6) is -2.42. The van der Waals surface area contributed by atoms with Gasteiger partial charge in [0.2, 0.25) is 5.91 Å². The maximum absolute atomic E-state index is 13.5. The Morgan fingerprint density at radius 3 is 2.53 bits per heavy atom. The van der Waals surface area contributed by atoms with Gasteiger partial charge in [0.15, 0.2) is 11.7 Å². The van der Waals surface area contributed by atoms with Gasteiger partial charge in [0.1, 0.15) is 10.7 Å². The van der Waals surface area contributed by atoms with Crippen molar-refractivity contribution < 1.29 is 18.0 Å². The predicted octanol–water partition coefficient (Wildman–Crippen LogP) is 1.89. The first-order valence-corrected chi connectivity index (χ1v) is 12.1. The molecule has 5 rings (SSSR count). The molecule has 0 spiro atoms. The summed E-state index contributed by atoms with van der Waals surface area (Å²) < 4.78 is 33.0. The number of amidine groups is 1. The topological polar surface area (TPSA) is 122 Å². The van der Waals surface area contributed by atoms with Crippen LogP contribution in [0.2, 0.25) is 0 Å². The summed E-state index contributed by atoms with van der Waals surface area (Å²) in [6.45, 7) is 0.103. The molecular weight excluding hydrogens is 450 g/mol. The van der Waals surface area contributed by atoms with Crippen molar-refractivity contribution in [3.63, 3.8) is 0 Å². The zero-order valence-electron chi connectivity index (χ0n) is 16.6. The molecule has 0 saturated carbocycles. The van der Waals surface area contributed by atoms with Crippen LogP contribution in [0.25, 0.3) is 0 Å². The smallest absolute Gasteiger partial charge is 0.286 e. The highest BCUT2D eigenvalue weighted by atomic mass is 32.2. The maximum Gasteiger partial charge on any atom is 0.286 e. The zero-order valence-corrected chi connectivity index (χ0v) is 18.2. The first-order valence-electron chi connectivity index (χ1n) is 9.79. The molecule has 0 bridgehead atoms. The Bertz CT molecular complexity index is 1320. The van der Waals surface area contributed by atoms with E-state index >= 15 is 0 Å². The number of rotatable bonds is 5. The Morgan fingerprint density at radius 2 is 1.78 bits per heavy atom. The Labute approximate surface area is 188 Å². The molecule has 2 aliphatic heterocycles. The SMILES string of the molecule is O=C1C(C2=NS(=O)(=O)c3ccccc3N2)C(=O)N(Cc2csnn2)[C@H]1Cc1ccccc1. The number of Topliss-reactive ketones (excluding diaryl/α,β-unsaturated/α-hetero) is 1. The van der Waals surface area contributed by atoms with Gasteiger partial charge in [-0.1, -0.05) is 47.0 Å². The summed E-state index contributed by atoms with van der Waals surface area (Å²) in [5.41, 5.74) is 1.74. The van der Waals surface area contributed by atoms with E-state index in [4.69, 9.17) is 0 Å². The quantitative estimate of drug-likeness (QED) is 0.569. The van der Waals surface area contributed by atoms with Crippen molar-refractivity contribution in [2.75, 3.05) is 5.32 Å². The predicted molar refractivity (Wildman–Crippen MR) is 118 cm³/mol. The molecular formula is C21H17N5O4S2. The minimum absolute atomic E-state index is 0.00730. The van der Waals surface area contributed by atoms with E-state index in [0.717, 1.165) is 17.1 Å². The number of carbonyl (C=O) groups excluding carboxylic acids is 2. The summed E-state index contributed by atoms with van der Waals surface area (Å²) in [6.07, 6.45) is 0.302. The third-order valence-corrected chi connectivity index (χ3v) is 7.35. The number of nitrogens with one attached hydrogen (secondary N) is 1. The molecule has 2 aliphatic rings. The molecule has 3 heterocycles. The number of likely N-dealkylation sites (tertiary alicyclic amines) is 1. The highest BCUT2D eigenvalue weighted by Gasteiger charge is 2.51. The molecule has 1 aromatic heterocycles. The molecule has 3 aromatic rings. The van der Waals surface area contributed by atoms with Gasteiger partial charge in [-0.2, -0.15) is 8.42 Å². The van der Waals surface area contributed by atoms with Gasteiger partial charge in [0, 0.05) is 11.8 Å².